The number of cyclic esters (lactones) is 1. The van der Waals surface area contributed by atoms with Gasteiger partial charge in [-0.2, -0.15) is 0 Å². The minimum absolute atomic E-state index is 0.0417. The van der Waals surface area contributed by atoms with Gasteiger partial charge in [-0.1, -0.05) is 44.2 Å². The predicted octanol–water partition coefficient (Wildman–Crippen LogP) is 4.65. The summed E-state index contributed by atoms with van der Waals surface area (Å²) in [5.41, 5.74) is 3.54. The molecule has 0 radical (unpaired) electrons. The molecule has 0 aromatic heterocycles. The van der Waals surface area contributed by atoms with Crippen LogP contribution in [0.4, 0.5) is 11.4 Å². The average Bonchev–Trinajstić information content (AvgIpc) is 3.13. The Morgan fingerprint density at radius 1 is 1.00 bits per heavy atom. The Labute approximate surface area is 185 Å². The second-order valence-electron chi connectivity index (χ2n) is 9.19. The number of ether oxygens (including phenoxy) is 1. The Balaban J connectivity index is 1.79. The minimum atomic E-state index is -0.682. The molecule has 7 nitrogen and oxygen atoms in total. The first-order chi connectivity index (χ1) is 15.3. The van der Waals surface area contributed by atoms with Gasteiger partial charge in [-0.3, -0.25) is 14.9 Å². The van der Waals surface area contributed by atoms with Crippen molar-refractivity contribution in [2.45, 2.75) is 32.6 Å². The third-order valence-corrected chi connectivity index (χ3v) is 6.31. The highest BCUT2D eigenvalue weighted by Gasteiger charge is 2.49. The van der Waals surface area contributed by atoms with E-state index in [9.17, 15) is 19.7 Å². The van der Waals surface area contributed by atoms with E-state index in [0.717, 1.165) is 11.4 Å². The number of benzene rings is 2. The molecular weight excluding hydrogens is 408 g/mol. The van der Waals surface area contributed by atoms with Crippen LogP contribution < -0.4 is 4.90 Å². The number of anilines is 1. The highest BCUT2D eigenvalue weighted by molar-refractivity contribution is 6.06. The van der Waals surface area contributed by atoms with Gasteiger partial charge in [0.25, 0.3) is 5.69 Å². The lowest BCUT2D eigenvalue weighted by Gasteiger charge is -2.43. The number of non-ortho nitro benzene ring substituents is 1. The summed E-state index contributed by atoms with van der Waals surface area (Å²) < 4.78 is 5.45. The molecule has 0 saturated heterocycles. The standard InChI is InChI=1S/C25H22N2O5/c1-25(2)12-18-22(20(28)13-25)21(15-7-6-10-17(11-15)27(30)31)23-19(14-32-24(23)29)26(18)16-8-4-3-5-9-16/h3-11,21H,12-14H2,1-2H3. The number of hydrogen-bond acceptors (Lipinski definition) is 6. The van der Waals surface area contributed by atoms with Crippen molar-refractivity contribution in [1.82, 2.24) is 0 Å². The van der Waals surface area contributed by atoms with Crippen molar-refractivity contribution in [1.29, 1.82) is 0 Å². The van der Waals surface area contributed by atoms with Crippen molar-refractivity contribution in [3.63, 3.8) is 0 Å². The third kappa shape index (κ3) is 3.12. The molecule has 0 N–H and O–H groups in total. The van der Waals surface area contributed by atoms with Crippen LogP contribution in [0.5, 0.6) is 0 Å². The van der Waals surface area contributed by atoms with E-state index in [1.165, 1.54) is 12.1 Å². The summed E-state index contributed by atoms with van der Waals surface area (Å²) in [5, 5.41) is 11.4. The highest BCUT2D eigenvalue weighted by Crippen LogP contribution is 2.52. The second kappa shape index (κ2) is 7.15. The number of Topliss-reactive ketones (excluding diaryl/α,β-unsaturated/α-hetero) is 1. The number of esters is 1. The quantitative estimate of drug-likeness (QED) is 0.400. The molecule has 2 aliphatic heterocycles. The summed E-state index contributed by atoms with van der Waals surface area (Å²) in [7, 11) is 0. The zero-order chi connectivity index (χ0) is 22.6. The van der Waals surface area contributed by atoms with Crippen molar-refractivity contribution in [2.24, 2.45) is 5.41 Å². The van der Waals surface area contributed by atoms with Gasteiger partial charge in [0.2, 0.25) is 0 Å². The summed E-state index contributed by atoms with van der Waals surface area (Å²) in [4.78, 5) is 39.4. The molecule has 3 aliphatic rings. The number of ketones is 1. The van der Waals surface area contributed by atoms with Gasteiger partial charge in [0.1, 0.15) is 6.61 Å². The van der Waals surface area contributed by atoms with Gasteiger partial charge in [-0.15, -0.1) is 0 Å². The Kier molecular flexibility index (Phi) is 4.51. The number of carbonyl (C=O) groups is 2. The minimum Gasteiger partial charge on any atom is -0.456 e. The molecule has 1 atom stereocenters. The molecule has 0 saturated carbocycles. The van der Waals surface area contributed by atoms with Gasteiger partial charge >= 0.3 is 5.97 Å². The van der Waals surface area contributed by atoms with Crippen molar-refractivity contribution in [3.05, 3.63) is 92.8 Å². The molecule has 7 heteroatoms. The molecule has 0 bridgehead atoms. The first-order valence-electron chi connectivity index (χ1n) is 10.5. The molecular formula is C25H22N2O5. The SMILES string of the molecule is CC1(C)CC(=O)C2=C(C1)N(c1ccccc1)C1=C(C(=O)OC1)C2c1cccc([N+](=O)[O-])c1. The van der Waals surface area contributed by atoms with Crippen molar-refractivity contribution < 1.29 is 19.2 Å². The van der Waals surface area contributed by atoms with E-state index in [4.69, 9.17) is 4.74 Å². The molecule has 2 aromatic carbocycles. The topological polar surface area (TPSA) is 89.8 Å². The Bertz CT molecular complexity index is 1230. The van der Waals surface area contributed by atoms with E-state index in [1.807, 2.05) is 35.2 Å². The zero-order valence-corrected chi connectivity index (χ0v) is 17.8. The van der Waals surface area contributed by atoms with Crippen LogP contribution in [0.25, 0.3) is 0 Å². The molecule has 0 amide bonds. The van der Waals surface area contributed by atoms with Crippen LogP contribution in [-0.4, -0.2) is 23.3 Å². The monoisotopic (exact) mass is 430 g/mol. The van der Waals surface area contributed by atoms with E-state index in [0.29, 0.717) is 35.2 Å². The lowest BCUT2D eigenvalue weighted by atomic mass is 9.68. The molecule has 1 aliphatic carbocycles. The summed E-state index contributed by atoms with van der Waals surface area (Å²) in [6, 6.07) is 15.8. The van der Waals surface area contributed by atoms with Crippen LogP contribution in [0.1, 0.15) is 38.2 Å². The number of para-hydroxylation sites is 1. The van der Waals surface area contributed by atoms with Crippen LogP contribution in [0.3, 0.4) is 0 Å². The van der Waals surface area contributed by atoms with Gasteiger partial charge in [-0.05, 0) is 29.5 Å². The third-order valence-electron chi connectivity index (χ3n) is 6.31. The molecule has 5 rings (SSSR count). The molecule has 2 aromatic rings. The fourth-order valence-corrected chi connectivity index (χ4v) is 5.05. The number of nitro benzene ring substituents is 1. The van der Waals surface area contributed by atoms with Gasteiger partial charge in [0.05, 0.1) is 16.2 Å². The summed E-state index contributed by atoms with van der Waals surface area (Å²) in [6.07, 6.45) is 0.983. The van der Waals surface area contributed by atoms with Crippen LogP contribution >= 0.6 is 0 Å². The van der Waals surface area contributed by atoms with Crippen LogP contribution in [0.15, 0.2) is 77.1 Å². The lowest BCUT2D eigenvalue weighted by molar-refractivity contribution is -0.384. The van der Waals surface area contributed by atoms with Gasteiger partial charge in [0.15, 0.2) is 5.78 Å². The van der Waals surface area contributed by atoms with E-state index < -0.39 is 16.8 Å². The molecule has 32 heavy (non-hydrogen) atoms. The van der Waals surface area contributed by atoms with E-state index in [2.05, 4.69) is 13.8 Å². The van der Waals surface area contributed by atoms with E-state index in [-0.39, 0.29) is 23.5 Å². The van der Waals surface area contributed by atoms with Crippen LogP contribution in [0, 0.1) is 15.5 Å². The van der Waals surface area contributed by atoms with Crippen molar-refractivity contribution in [2.75, 3.05) is 11.5 Å². The predicted molar refractivity (Wildman–Crippen MR) is 118 cm³/mol. The highest BCUT2D eigenvalue weighted by atomic mass is 16.6. The number of hydrogen-bond donors (Lipinski definition) is 0. The Hall–Kier alpha value is -3.74. The molecule has 1 unspecified atom stereocenters. The normalized spacial score (nSPS) is 21.9. The summed E-state index contributed by atoms with van der Waals surface area (Å²) >= 11 is 0. The molecule has 0 spiro atoms. The number of carbonyl (C=O) groups excluding carboxylic acids is 2. The van der Waals surface area contributed by atoms with Crippen LogP contribution in [-0.2, 0) is 14.3 Å². The maximum Gasteiger partial charge on any atom is 0.337 e. The van der Waals surface area contributed by atoms with Gasteiger partial charge in [-0.25, -0.2) is 4.79 Å². The van der Waals surface area contributed by atoms with Crippen molar-refractivity contribution >= 4 is 23.1 Å². The molecule has 2 heterocycles. The largest absolute Gasteiger partial charge is 0.456 e. The maximum absolute atomic E-state index is 13.5. The first kappa shape index (κ1) is 20.2. The van der Waals surface area contributed by atoms with Gasteiger partial charge in [0, 0.05) is 41.4 Å². The average molecular weight is 430 g/mol. The summed E-state index contributed by atoms with van der Waals surface area (Å²) in [5.74, 6) is -1.21. The number of rotatable bonds is 3. The maximum atomic E-state index is 13.5. The fourth-order valence-electron chi connectivity index (χ4n) is 5.05. The van der Waals surface area contributed by atoms with Gasteiger partial charge < -0.3 is 9.64 Å². The van der Waals surface area contributed by atoms with Crippen molar-refractivity contribution in [3.8, 4) is 0 Å². The smallest absolute Gasteiger partial charge is 0.337 e. The summed E-state index contributed by atoms with van der Waals surface area (Å²) in [6.45, 7) is 4.21. The molecule has 162 valence electrons. The van der Waals surface area contributed by atoms with E-state index in [1.54, 1.807) is 12.1 Å². The van der Waals surface area contributed by atoms with Crippen LogP contribution in [0.2, 0.25) is 0 Å². The number of nitrogens with zero attached hydrogens (tertiary/aromatic N) is 2. The number of allylic oxidation sites excluding steroid dienone is 2. The Morgan fingerprint density at radius 3 is 2.47 bits per heavy atom. The second-order valence-corrected chi connectivity index (χ2v) is 9.19. The lowest BCUT2D eigenvalue weighted by Crippen LogP contribution is -2.40. The molecule has 0 fully saturated rings. The van der Waals surface area contributed by atoms with E-state index >= 15 is 0 Å². The Morgan fingerprint density at radius 2 is 1.75 bits per heavy atom. The fraction of sp³-hybridized carbons (Fsp3) is 0.280. The zero-order valence-electron chi connectivity index (χ0n) is 17.8. The first-order valence-corrected chi connectivity index (χ1v) is 10.5. The number of nitro groups is 1.